The Morgan fingerprint density at radius 3 is 2.60 bits per heavy atom. The van der Waals surface area contributed by atoms with E-state index in [0.717, 1.165) is 24.8 Å². The minimum absolute atomic E-state index is 0.186. The second-order valence-corrected chi connectivity index (χ2v) is 5.28. The minimum Gasteiger partial charge on any atom is -0.299 e. The molecule has 1 aromatic rings. The highest BCUT2D eigenvalue weighted by Crippen LogP contribution is 2.62. The third-order valence-corrected chi connectivity index (χ3v) is 4.50. The molecule has 2 aliphatic rings. The molecule has 2 atom stereocenters. The van der Waals surface area contributed by atoms with Crippen LogP contribution in [-0.4, -0.2) is 5.78 Å². The molecule has 1 nitrogen and oxygen atoms in total. The van der Waals surface area contributed by atoms with Crippen molar-refractivity contribution in [3.05, 3.63) is 33.8 Å². The Bertz CT molecular complexity index is 455. The number of rotatable bonds is 1. The smallest absolute Gasteiger partial charge is 0.143 e. The molecule has 0 bridgehead atoms. The summed E-state index contributed by atoms with van der Waals surface area (Å²) < 4.78 is 0. The molecular weight excluding hydrogens is 231 g/mol. The van der Waals surface area contributed by atoms with Crippen LogP contribution >= 0.6 is 23.2 Å². The van der Waals surface area contributed by atoms with E-state index in [1.165, 1.54) is 0 Å². The first kappa shape index (κ1) is 9.68. The summed E-state index contributed by atoms with van der Waals surface area (Å²) in [5, 5.41) is 1.10. The van der Waals surface area contributed by atoms with E-state index in [9.17, 15) is 4.79 Å². The third kappa shape index (κ3) is 1.20. The first-order chi connectivity index (χ1) is 7.14. The average molecular weight is 241 g/mol. The van der Waals surface area contributed by atoms with Crippen LogP contribution in [0.25, 0.3) is 0 Å². The Hall–Kier alpha value is -0.530. The van der Waals surface area contributed by atoms with E-state index in [1.807, 2.05) is 12.1 Å². The van der Waals surface area contributed by atoms with Gasteiger partial charge in [0.25, 0.3) is 0 Å². The summed E-state index contributed by atoms with van der Waals surface area (Å²) in [6.07, 6.45) is 2.77. The molecule has 0 N–H and O–H groups in total. The lowest BCUT2D eigenvalue weighted by molar-refractivity contribution is -0.120. The lowest BCUT2D eigenvalue weighted by atomic mass is 9.92. The zero-order valence-corrected chi connectivity index (χ0v) is 9.61. The Kier molecular flexibility index (Phi) is 1.93. The van der Waals surface area contributed by atoms with Crippen LogP contribution in [0.4, 0.5) is 0 Å². The second-order valence-electron chi connectivity index (χ2n) is 4.46. The molecule has 0 aliphatic heterocycles. The molecule has 0 amide bonds. The standard InChI is InChI=1S/C12H10Cl2O/c13-9-3-1-7(5-10(9)14)12-6-8(12)2-4-11(12)15/h1,3,5,8H,2,4,6H2. The lowest BCUT2D eigenvalue weighted by Gasteiger charge is -2.11. The molecule has 2 fully saturated rings. The van der Waals surface area contributed by atoms with Crippen LogP contribution in [0.2, 0.25) is 10.0 Å². The topological polar surface area (TPSA) is 17.1 Å². The van der Waals surface area contributed by atoms with Crippen molar-refractivity contribution < 1.29 is 4.79 Å². The largest absolute Gasteiger partial charge is 0.299 e. The van der Waals surface area contributed by atoms with Crippen LogP contribution in [0.5, 0.6) is 0 Å². The number of hydrogen-bond acceptors (Lipinski definition) is 1. The number of halogens is 2. The van der Waals surface area contributed by atoms with E-state index < -0.39 is 0 Å². The number of carbonyl (C=O) groups excluding carboxylic acids is 1. The molecule has 0 spiro atoms. The Balaban J connectivity index is 2.07. The van der Waals surface area contributed by atoms with Gasteiger partial charge in [-0.3, -0.25) is 4.79 Å². The molecule has 0 radical (unpaired) electrons. The molecule has 15 heavy (non-hydrogen) atoms. The van der Waals surface area contributed by atoms with Crippen molar-refractivity contribution in [1.29, 1.82) is 0 Å². The van der Waals surface area contributed by atoms with Gasteiger partial charge >= 0.3 is 0 Å². The SMILES string of the molecule is O=C1CCC2CC12c1ccc(Cl)c(Cl)c1. The molecular formula is C12H10Cl2O. The molecule has 2 saturated carbocycles. The van der Waals surface area contributed by atoms with Gasteiger partial charge in [0.05, 0.1) is 15.5 Å². The van der Waals surface area contributed by atoms with Gasteiger partial charge < -0.3 is 0 Å². The summed E-state index contributed by atoms with van der Waals surface area (Å²) in [6.45, 7) is 0. The van der Waals surface area contributed by atoms with E-state index >= 15 is 0 Å². The summed E-state index contributed by atoms with van der Waals surface area (Å²) in [7, 11) is 0. The summed E-state index contributed by atoms with van der Waals surface area (Å²) in [6, 6.07) is 5.58. The van der Waals surface area contributed by atoms with Gasteiger partial charge in [0, 0.05) is 6.42 Å². The Morgan fingerprint density at radius 1 is 1.27 bits per heavy atom. The molecule has 3 heteroatoms. The first-order valence-electron chi connectivity index (χ1n) is 5.13. The predicted molar refractivity (Wildman–Crippen MR) is 60.5 cm³/mol. The van der Waals surface area contributed by atoms with Gasteiger partial charge in [-0.25, -0.2) is 0 Å². The van der Waals surface area contributed by atoms with Crippen LogP contribution in [0.1, 0.15) is 24.8 Å². The van der Waals surface area contributed by atoms with Crippen molar-refractivity contribution >= 4 is 29.0 Å². The summed E-state index contributed by atoms with van der Waals surface area (Å²) in [5.41, 5.74) is 0.873. The molecule has 0 saturated heterocycles. The van der Waals surface area contributed by atoms with E-state index in [0.29, 0.717) is 21.7 Å². The van der Waals surface area contributed by atoms with Crippen LogP contribution in [-0.2, 0) is 10.2 Å². The van der Waals surface area contributed by atoms with Crippen molar-refractivity contribution in [2.45, 2.75) is 24.7 Å². The summed E-state index contributed by atoms with van der Waals surface area (Å²) >= 11 is 11.8. The fraction of sp³-hybridized carbons (Fsp3) is 0.417. The maximum absolute atomic E-state index is 11.9. The quantitative estimate of drug-likeness (QED) is 0.733. The zero-order chi connectivity index (χ0) is 10.6. The fourth-order valence-electron chi connectivity index (χ4n) is 2.84. The van der Waals surface area contributed by atoms with Crippen molar-refractivity contribution in [2.75, 3.05) is 0 Å². The molecule has 1 aromatic carbocycles. The van der Waals surface area contributed by atoms with Gasteiger partial charge in [0.2, 0.25) is 0 Å². The van der Waals surface area contributed by atoms with Gasteiger partial charge in [-0.15, -0.1) is 0 Å². The number of ketones is 1. The van der Waals surface area contributed by atoms with Gasteiger partial charge in [-0.05, 0) is 36.5 Å². The summed E-state index contributed by atoms with van der Waals surface area (Å²) in [5.74, 6) is 0.938. The number of hydrogen-bond donors (Lipinski definition) is 0. The van der Waals surface area contributed by atoms with Crippen molar-refractivity contribution in [1.82, 2.24) is 0 Å². The zero-order valence-electron chi connectivity index (χ0n) is 8.09. The number of benzene rings is 1. The van der Waals surface area contributed by atoms with Crippen LogP contribution in [0, 0.1) is 5.92 Å². The second kappa shape index (κ2) is 2.99. The van der Waals surface area contributed by atoms with E-state index in [4.69, 9.17) is 23.2 Å². The Morgan fingerprint density at radius 2 is 2.07 bits per heavy atom. The highest BCUT2D eigenvalue weighted by molar-refractivity contribution is 6.42. The molecule has 3 rings (SSSR count). The van der Waals surface area contributed by atoms with Crippen LogP contribution in [0.3, 0.4) is 0 Å². The molecule has 0 heterocycles. The Labute approximate surface area is 98.4 Å². The predicted octanol–water partition coefficient (Wildman–Crippen LogP) is 3.61. The molecule has 0 aromatic heterocycles. The number of Topliss-reactive ketones (excluding diaryl/α,β-unsaturated/α-hetero) is 1. The van der Waals surface area contributed by atoms with Gasteiger partial charge in [0.1, 0.15) is 5.78 Å². The fourth-order valence-corrected chi connectivity index (χ4v) is 3.13. The van der Waals surface area contributed by atoms with E-state index in [-0.39, 0.29) is 5.41 Å². The molecule has 78 valence electrons. The first-order valence-corrected chi connectivity index (χ1v) is 5.89. The van der Waals surface area contributed by atoms with Gasteiger partial charge in [0.15, 0.2) is 0 Å². The van der Waals surface area contributed by atoms with Gasteiger partial charge in [-0.1, -0.05) is 29.3 Å². The van der Waals surface area contributed by atoms with E-state index in [2.05, 4.69) is 0 Å². The highest BCUT2D eigenvalue weighted by atomic mass is 35.5. The van der Waals surface area contributed by atoms with Crippen molar-refractivity contribution in [3.63, 3.8) is 0 Å². The maximum atomic E-state index is 11.9. The number of fused-ring (bicyclic) bond motifs is 1. The van der Waals surface area contributed by atoms with E-state index in [1.54, 1.807) is 6.07 Å². The molecule has 2 aliphatic carbocycles. The van der Waals surface area contributed by atoms with Crippen LogP contribution < -0.4 is 0 Å². The van der Waals surface area contributed by atoms with Crippen molar-refractivity contribution in [2.24, 2.45) is 5.92 Å². The van der Waals surface area contributed by atoms with Gasteiger partial charge in [-0.2, -0.15) is 0 Å². The number of carbonyl (C=O) groups is 1. The van der Waals surface area contributed by atoms with Crippen molar-refractivity contribution in [3.8, 4) is 0 Å². The highest BCUT2D eigenvalue weighted by Gasteiger charge is 2.63. The minimum atomic E-state index is -0.186. The van der Waals surface area contributed by atoms with Crippen LogP contribution in [0.15, 0.2) is 18.2 Å². The summed E-state index contributed by atoms with van der Waals surface area (Å²) in [4.78, 5) is 11.9. The maximum Gasteiger partial charge on any atom is 0.143 e. The molecule has 2 unspecified atom stereocenters. The monoisotopic (exact) mass is 240 g/mol. The average Bonchev–Trinajstić information content (AvgIpc) is 2.87. The lowest BCUT2D eigenvalue weighted by Crippen LogP contribution is -2.17. The normalized spacial score (nSPS) is 32.9. The third-order valence-electron chi connectivity index (χ3n) is 3.76.